The number of halogens is 1. The van der Waals surface area contributed by atoms with Crippen LogP contribution in [0.2, 0.25) is 5.15 Å². The molecule has 1 amide bonds. The molecular weight excluding hydrogens is 332 g/mol. The number of hydrogen-bond donors (Lipinski definition) is 2. The Kier molecular flexibility index (Phi) is 4.23. The first-order valence-corrected chi connectivity index (χ1v) is 7.97. The van der Waals surface area contributed by atoms with Crippen molar-refractivity contribution in [3.8, 4) is 0 Å². The number of nitrogens with one attached hydrogen (secondary N) is 1. The minimum absolute atomic E-state index is 0.190. The third-order valence-corrected chi connectivity index (χ3v) is 4.02. The zero-order valence-corrected chi connectivity index (χ0v) is 14.4. The Morgan fingerprint density at radius 1 is 1.42 bits per heavy atom. The highest BCUT2D eigenvalue weighted by molar-refractivity contribution is 6.33. The van der Waals surface area contributed by atoms with Gasteiger partial charge >= 0.3 is 6.09 Å². The number of carbonyl (C=O) groups excluding carboxylic acids is 1. The third-order valence-electron chi connectivity index (χ3n) is 3.73. The van der Waals surface area contributed by atoms with E-state index in [9.17, 15) is 9.90 Å². The lowest BCUT2D eigenvalue weighted by atomic mass is 10.1. The topological polar surface area (TPSA) is 91.3 Å². The third kappa shape index (κ3) is 2.97. The number of aromatic amines is 1. The predicted octanol–water partition coefficient (Wildman–Crippen LogP) is 2.82. The normalized spacial score (nSPS) is 20.8. The van der Waals surface area contributed by atoms with Gasteiger partial charge in [-0.15, -0.1) is 0 Å². The van der Waals surface area contributed by atoms with Crippen LogP contribution in [0.3, 0.4) is 0 Å². The molecule has 0 aromatic carbocycles. The molecule has 3 rings (SSSR count). The number of rotatable bonds is 2. The van der Waals surface area contributed by atoms with E-state index in [2.05, 4.69) is 15.0 Å². The summed E-state index contributed by atoms with van der Waals surface area (Å²) < 4.78 is 5.48. The summed E-state index contributed by atoms with van der Waals surface area (Å²) in [6.45, 7) is 5.21. The van der Waals surface area contributed by atoms with Gasteiger partial charge in [-0.05, 0) is 20.8 Å². The van der Waals surface area contributed by atoms with Gasteiger partial charge in [-0.2, -0.15) is 0 Å². The second-order valence-electron chi connectivity index (χ2n) is 6.60. The summed E-state index contributed by atoms with van der Waals surface area (Å²) in [6.07, 6.45) is 6.27. The number of H-pyrrole nitrogens is 1. The zero-order valence-electron chi connectivity index (χ0n) is 13.7. The van der Waals surface area contributed by atoms with Crippen molar-refractivity contribution >= 4 is 28.7 Å². The smallest absolute Gasteiger partial charge is 0.411 e. The fourth-order valence-electron chi connectivity index (χ4n) is 2.75. The molecule has 1 aliphatic heterocycles. The fourth-order valence-corrected chi connectivity index (χ4v) is 2.93. The fraction of sp³-hybridized carbons (Fsp3) is 0.438. The van der Waals surface area contributed by atoms with Crippen LogP contribution in [0, 0.1) is 0 Å². The van der Waals surface area contributed by atoms with Crippen LogP contribution in [0.15, 0.2) is 24.7 Å². The highest BCUT2D eigenvalue weighted by Gasteiger charge is 2.37. The van der Waals surface area contributed by atoms with Crippen molar-refractivity contribution in [3.63, 3.8) is 0 Å². The van der Waals surface area contributed by atoms with Gasteiger partial charge in [0.05, 0.1) is 24.2 Å². The van der Waals surface area contributed by atoms with Crippen molar-refractivity contribution in [2.75, 3.05) is 6.61 Å². The van der Waals surface area contributed by atoms with E-state index < -0.39 is 23.8 Å². The molecule has 2 N–H and O–H groups in total. The minimum atomic E-state index is -0.629. The Morgan fingerprint density at radius 2 is 2.17 bits per heavy atom. The van der Waals surface area contributed by atoms with E-state index in [-0.39, 0.29) is 6.61 Å². The lowest BCUT2D eigenvalue weighted by Gasteiger charge is -2.32. The number of aliphatic hydroxyl groups is 1. The second-order valence-corrected chi connectivity index (χ2v) is 6.96. The molecule has 0 saturated heterocycles. The van der Waals surface area contributed by atoms with Gasteiger partial charge in [0.1, 0.15) is 17.4 Å². The number of aliphatic hydroxyl groups excluding tert-OH is 1. The van der Waals surface area contributed by atoms with E-state index in [0.29, 0.717) is 16.2 Å². The summed E-state index contributed by atoms with van der Waals surface area (Å²) in [4.78, 5) is 25.4. The Morgan fingerprint density at radius 3 is 2.83 bits per heavy atom. The van der Waals surface area contributed by atoms with Crippen molar-refractivity contribution < 1.29 is 14.6 Å². The number of hydrogen-bond acceptors (Lipinski definition) is 5. The molecule has 1 aliphatic rings. The average molecular weight is 351 g/mol. The van der Waals surface area contributed by atoms with Gasteiger partial charge in [-0.25, -0.2) is 14.8 Å². The second kappa shape index (κ2) is 6.07. The van der Waals surface area contributed by atoms with Gasteiger partial charge in [-0.1, -0.05) is 23.8 Å². The van der Waals surface area contributed by atoms with E-state index in [1.165, 1.54) is 11.2 Å². The average Bonchev–Trinajstić information content (AvgIpc) is 3.09. The van der Waals surface area contributed by atoms with Crippen LogP contribution < -0.4 is 0 Å². The van der Waals surface area contributed by atoms with E-state index >= 15 is 0 Å². The molecule has 2 aromatic heterocycles. The Bertz CT molecular complexity index is 796. The van der Waals surface area contributed by atoms with Crippen molar-refractivity contribution in [1.82, 2.24) is 19.9 Å². The highest BCUT2D eigenvalue weighted by atomic mass is 35.5. The number of amides is 1. The van der Waals surface area contributed by atoms with Crippen LogP contribution >= 0.6 is 11.6 Å². The van der Waals surface area contributed by atoms with Gasteiger partial charge in [0, 0.05) is 11.8 Å². The van der Waals surface area contributed by atoms with E-state index in [1.807, 2.05) is 6.08 Å². The van der Waals surface area contributed by atoms with Gasteiger partial charge < -0.3 is 14.8 Å². The summed E-state index contributed by atoms with van der Waals surface area (Å²) in [6, 6.07) is -0.858. The molecule has 0 saturated carbocycles. The van der Waals surface area contributed by atoms with Crippen LogP contribution in [0.1, 0.15) is 32.4 Å². The SMILES string of the molecule is CC(C)(C)OC(=O)N1[C@@H](c2c[nH]c3c(Cl)ncnc23)C=C[C@H]1CO. The van der Waals surface area contributed by atoms with Gasteiger partial charge in [0.25, 0.3) is 0 Å². The number of fused-ring (bicyclic) bond motifs is 1. The molecule has 0 spiro atoms. The summed E-state index contributed by atoms with van der Waals surface area (Å²) in [5.41, 5.74) is 1.39. The molecule has 0 radical (unpaired) electrons. The Labute approximate surface area is 144 Å². The first-order valence-electron chi connectivity index (χ1n) is 7.60. The predicted molar refractivity (Wildman–Crippen MR) is 89.7 cm³/mol. The Hall–Kier alpha value is -2.12. The molecule has 128 valence electrons. The maximum atomic E-state index is 12.6. The molecule has 2 atom stereocenters. The molecule has 3 heterocycles. The molecule has 0 unspecified atom stereocenters. The molecule has 24 heavy (non-hydrogen) atoms. The molecule has 7 nitrogen and oxygen atoms in total. The number of aromatic nitrogens is 3. The van der Waals surface area contributed by atoms with Crippen LogP contribution in [0.4, 0.5) is 4.79 Å². The van der Waals surface area contributed by atoms with Crippen LogP contribution in [0.5, 0.6) is 0 Å². The zero-order chi connectivity index (χ0) is 17.5. The van der Waals surface area contributed by atoms with Gasteiger partial charge in [0.2, 0.25) is 0 Å². The van der Waals surface area contributed by atoms with Crippen LogP contribution in [-0.4, -0.2) is 49.3 Å². The maximum absolute atomic E-state index is 12.6. The molecular formula is C16H19ClN4O3. The van der Waals surface area contributed by atoms with E-state index in [1.54, 1.807) is 33.0 Å². The van der Waals surface area contributed by atoms with Crippen LogP contribution in [-0.2, 0) is 4.74 Å². The molecule has 8 heteroatoms. The van der Waals surface area contributed by atoms with E-state index in [4.69, 9.17) is 16.3 Å². The molecule has 0 aliphatic carbocycles. The summed E-state index contributed by atoms with van der Waals surface area (Å²) in [5, 5.41) is 9.92. The van der Waals surface area contributed by atoms with Gasteiger partial charge in [-0.3, -0.25) is 4.90 Å². The largest absolute Gasteiger partial charge is 0.444 e. The molecule has 0 bridgehead atoms. The standard InChI is InChI=1S/C16H19ClN4O3/c1-16(2,3)24-15(23)21-9(7-22)4-5-11(21)10-6-18-13-12(10)19-8-20-14(13)17/h4-6,8-9,11,18,22H,7H2,1-3H3/t9-,11+/m0/s1. The number of nitrogens with zero attached hydrogens (tertiary/aromatic N) is 3. The van der Waals surface area contributed by atoms with Crippen molar-refractivity contribution in [3.05, 3.63) is 35.4 Å². The van der Waals surface area contributed by atoms with Gasteiger partial charge in [0.15, 0.2) is 5.15 Å². The summed E-state index contributed by atoms with van der Waals surface area (Å²) in [7, 11) is 0. The monoisotopic (exact) mass is 350 g/mol. The lowest BCUT2D eigenvalue weighted by molar-refractivity contribution is 0.0115. The summed E-state index contributed by atoms with van der Waals surface area (Å²) >= 11 is 6.07. The number of carbonyl (C=O) groups is 1. The van der Waals surface area contributed by atoms with Crippen molar-refractivity contribution in [2.24, 2.45) is 0 Å². The quantitative estimate of drug-likeness (QED) is 0.642. The first-order chi connectivity index (χ1) is 11.3. The lowest BCUT2D eigenvalue weighted by Crippen LogP contribution is -2.43. The molecule has 2 aromatic rings. The minimum Gasteiger partial charge on any atom is -0.444 e. The summed E-state index contributed by atoms with van der Waals surface area (Å²) in [5.74, 6) is 0. The first kappa shape index (κ1) is 16.7. The van der Waals surface area contributed by atoms with Crippen molar-refractivity contribution in [2.45, 2.75) is 38.5 Å². The number of ether oxygens (including phenoxy) is 1. The van der Waals surface area contributed by atoms with Crippen molar-refractivity contribution in [1.29, 1.82) is 0 Å². The van der Waals surface area contributed by atoms with Crippen LogP contribution in [0.25, 0.3) is 11.0 Å². The maximum Gasteiger partial charge on any atom is 0.411 e. The Balaban J connectivity index is 2.00. The molecule has 0 fully saturated rings. The van der Waals surface area contributed by atoms with E-state index in [0.717, 1.165) is 5.56 Å². The highest BCUT2D eigenvalue weighted by Crippen LogP contribution is 2.36.